The Bertz CT molecular complexity index is 1460. The summed E-state index contributed by atoms with van der Waals surface area (Å²) in [6, 6.07) is 4.38. The van der Waals surface area contributed by atoms with E-state index in [1.807, 2.05) is 42.6 Å². The van der Waals surface area contributed by atoms with Crippen molar-refractivity contribution in [3.05, 3.63) is 51.6 Å². The van der Waals surface area contributed by atoms with Gasteiger partial charge in [0.1, 0.15) is 22.8 Å². The Kier molecular flexibility index (Phi) is 5.93. The monoisotopic (exact) mass is 539 g/mol. The molecule has 5 rings (SSSR count). The lowest BCUT2D eigenvalue weighted by atomic mass is 9.57. The highest BCUT2D eigenvalue weighted by Gasteiger charge is 2.64. The van der Waals surface area contributed by atoms with Gasteiger partial charge in [-0.05, 0) is 55.9 Å². The normalized spacial score (nSPS) is 26.8. The summed E-state index contributed by atoms with van der Waals surface area (Å²) in [7, 11) is 6.81. The molecule has 0 saturated heterocycles. The van der Waals surface area contributed by atoms with Crippen LogP contribution in [0.3, 0.4) is 0 Å². The molecule has 38 heavy (non-hydrogen) atoms. The number of phenols is 1. The minimum absolute atomic E-state index is 0.0477. The average Bonchev–Trinajstić information content (AvgIpc) is 3.35. The van der Waals surface area contributed by atoms with Gasteiger partial charge >= 0.3 is 0 Å². The van der Waals surface area contributed by atoms with Crippen LogP contribution in [0.25, 0.3) is 16.2 Å². The number of primary amides is 1. The van der Waals surface area contributed by atoms with Crippen LogP contribution in [0.4, 0.5) is 5.69 Å². The van der Waals surface area contributed by atoms with Gasteiger partial charge in [-0.3, -0.25) is 19.3 Å². The summed E-state index contributed by atoms with van der Waals surface area (Å²) in [5.41, 5.74) is 3.63. The lowest BCUT2D eigenvalue weighted by molar-refractivity contribution is -0.153. The molecule has 1 aromatic heterocycles. The van der Waals surface area contributed by atoms with E-state index >= 15 is 0 Å². The molecule has 0 bridgehead atoms. The highest BCUT2D eigenvalue weighted by molar-refractivity contribution is 7.13. The van der Waals surface area contributed by atoms with E-state index in [1.165, 1.54) is 16.2 Å². The minimum Gasteiger partial charge on any atom is -0.508 e. The fourth-order valence-corrected chi connectivity index (χ4v) is 7.05. The third-order valence-corrected chi connectivity index (χ3v) is 8.87. The Morgan fingerprint density at radius 1 is 1.16 bits per heavy atom. The van der Waals surface area contributed by atoms with Gasteiger partial charge in [-0.2, -0.15) is 0 Å². The molecule has 10 nitrogen and oxygen atoms in total. The number of phenolic OH excluding ortho intramolecular Hbond substituents is 1. The van der Waals surface area contributed by atoms with Crippen molar-refractivity contribution in [2.24, 2.45) is 17.6 Å². The molecule has 2 aromatic rings. The Balaban J connectivity index is 1.78. The molecule has 0 spiro atoms. The van der Waals surface area contributed by atoms with Crippen molar-refractivity contribution in [1.29, 1.82) is 0 Å². The van der Waals surface area contributed by atoms with Crippen molar-refractivity contribution in [2.75, 3.05) is 33.1 Å². The van der Waals surface area contributed by atoms with Crippen molar-refractivity contribution in [2.45, 2.75) is 24.5 Å². The number of aromatic hydroxyl groups is 1. The van der Waals surface area contributed by atoms with Crippen LogP contribution < -0.4 is 10.6 Å². The lowest BCUT2D eigenvalue weighted by Crippen LogP contribution is -2.65. The third kappa shape index (κ3) is 3.35. The number of benzene rings is 1. The Hall–Kier alpha value is -3.67. The number of anilines is 1. The summed E-state index contributed by atoms with van der Waals surface area (Å²) in [5.74, 6) is -6.60. The fourth-order valence-electron chi connectivity index (χ4n) is 6.31. The number of thiophene rings is 1. The van der Waals surface area contributed by atoms with Gasteiger partial charge in [-0.25, -0.2) is 0 Å². The predicted molar refractivity (Wildman–Crippen MR) is 142 cm³/mol. The summed E-state index contributed by atoms with van der Waals surface area (Å²) >= 11 is 1.40. The Morgan fingerprint density at radius 3 is 2.39 bits per heavy atom. The average molecular weight is 540 g/mol. The maximum absolute atomic E-state index is 14.0. The van der Waals surface area contributed by atoms with Crippen LogP contribution in [0.5, 0.6) is 5.75 Å². The number of rotatable bonds is 4. The number of ketones is 2. The van der Waals surface area contributed by atoms with E-state index in [-0.39, 0.29) is 29.7 Å². The van der Waals surface area contributed by atoms with Crippen LogP contribution in [0.2, 0.25) is 0 Å². The van der Waals surface area contributed by atoms with E-state index in [1.54, 1.807) is 14.1 Å². The summed E-state index contributed by atoms with van der Waals surface area (Å²) in [4.78, 5) is 43.4. The number of aliphatic hydroxyl groups excluding tert-OH is 2. The van der Waals surface area contributed by atoms with Crippen LogP contribution in [0.1, 0.15) is 17.5 Å². The van der Waals surface area contributed by atoms with Crippen molar-refractivity contribution in [3.63, 3.8) is 0 Å². The van der Waals surface area contributed by atoms with Crippen LogP contribution in [0, 0.1) is 11.8 Å². The SMILES string of the molecule is CN(C)c1cc(-c2cccs2)c(O)c2c1C[C@@H]1C[C@@H]3[C@@H](N(C)C)C(=O)C(C(N)=O)=C(O)[C@]3(O)C(=O)C1=C2O. The van der Waals surface area contributed by atoms with Gasteiger partial charge < -0.3 is 31.1 Å². The second kappa shape index (κ2) is 8.69. The molecule has 1 amide bonds. The molecule has 0 aliphatic heterocycles. The van der Waals surface area contributed by atoms with Gasteiger partial charge in [0.15, 0.2) is 11.4 Å². The molecule has 1 heterocycles. The quantitative estimate of drug-likeness (QED) is 0.364. The first kappa shape index (κ1) is 26.0. The first-order chi connectivity index (χ1) is 17.8. The van der Waals surface area contributed by atoms with Gasteiger partial charge in [0.05, 0.1) is 11.6 Å². The summed E-state index contributed by atoms with van der Waals surface area (Å²) in [6.45, 7) is 0. The zero-order valence-corrected chi connectivity index (χ0v) is 22.2. The van der Waals surface area contributed by atoms with Gasteiger partial charge in [0, 0.05) is 41.7 Å². The number of likely N-dealkylation sites (N-methyl/N-ethyl adjacent to an activating group) is 1. The minimum atomic E-state index is -2.66. The smallest absolute Gasteiger partial charge is 0.255 e. The Labute approximate surface area is 222 Å². The Morgan fingerprint density at radius 2 is 1.84 bits per heavy atom. The second-order valence-electron chi connectivity index (χ2n) is 10.5. The molecular formula is C27H29N3O7S. The maximum Gasteiger partial charge on any atom is 0.255 e. The molecular weight excluding hydrogens is 510 g/mol. The maximum atomic E-state index is 14.0. The molecule has 0 unspecified atom stereocenters. The van der Waals surface area contributed by atoms with E-state index in [0.29, 0.717) is 11.1 Å². The van der Waals surface area contributed by atoms with E-state index < -0.39 is 58.0 Å². The predicted octanol–water partition coefficient (Wildman–Crippen LogP) is 1.76. The highest BCUT2D eigenvalue weighted by Crippen LogP contribution is 2.55. The van der Waals surface area contributed by atoms with Crippen LogP contribution in [0.15, 0.2) is 40.5 Å². The fraction of sp³-hybridized carbons (Fsp3) is 0.370. The molecule has 6 N–H and O–H groups in total. The largest absolute Gasteiger partial charge is 0.508 e. The highest BCUT2D eigenvalue weighted by atomic mass is 32.1. The number of amides is 1. The molecule has 1 fully saturated rings. The first-order valence-corrected chi connectivity index (χ1v) is 12.9. The number of nitrogens with zero attached hydrogens (tertiary/aromatic N) is 2. The first-order valence-electron chi connectivity index (χ1n) is 12.1. The van der Waals surface area contributed by atoms with Gasteiger partial charge in [-0.1, -0.05) is 6.07 Å². The molecule has 3 aliphatic rings. The summed E-state index contributed by atoms with van der Waals surface area (Å²) < 4.78 is 0. The topological polar surface area (TPSA) is 165 Å². The molecule has 3 aliphatic carbocycles. The lowest BCUT2D eigenvalue weighted by Gasteiger charge is -2.50. The van der Waals surface area contributed by atoms with Crippen LogP contribution in [-0.4, -0.2) is 82.6 Å². The van der Waals surface area contributed by atoms with Crippen LogP contribution >= 0.6 is 11.3 Å². The van der Waals surface area contributed by atoms with Crippen LogP contribution in [-0.2, 0) is 20.8 Å². The number of carbonyl (C=O) groups is 3. The third-order valence-electron chi connectivity index (χ3n) is 7.97. The summed E-state index contributed by atoms with van der Waals surface area (Å²) in [5, 5.41) is 47.4. The van der Waals surface area contributed by atoms with Gasteiger partial charge in [-0.15, -0.1) is 11.3 Å². The number of fused-ring (bicyclic) bond motifs is 3. The van der Waals surface area contributed by atoms with Crippen molar-refractivity contribution in [3.8, 4) is 16.2 Å². The number of aliphatic hydroxyl groups is 3. The van der Waals surface area contributed by atoms with E-state index in [4.69, 9.17) is 5.73 Å². The van der Waals surface area contributed by atoms with Crippen molar-refractivity contribution < 1.29 is 34.8 Å². The molecule has 4 atom stereocenters. The number of hydrogen-bond donors (Lipinski definition) is 5. The van der Waals surface area contributed by atoms with E-state index in [9.17, 15) is 34.8 Å². The number of hydrogen-bond acceptors (Lipinski definition) is 10. The summed E-state index contributed by atoms with van der Waals surface area (Å²) in [6.07, 6.45) is 0.284. The molecule has 11 heteroatoms. The van der Waals surface area contributed by atoms with E-state index in [2.05, 4.69) is 0 Å². The number of nitrogens with two attached hydrogens (primary N) is 1. The zero-order valence-electron chi connectivity index (χ0n) is 21.3. The standard InChI is InChI=1S/C27H29N3O7S/c1-29(2)15-10-13(16-6-5-7-38-16)21(31)18-12(15)8-11-9-14-20(30(3)4)23(33)19(26(28)36)25(35)27(14,37)24(34)17(11)22(18)32/h5-7,10-11,14,20,31-32,35,37H,8-9H2,1-4H3,(H2,28,36)/t11-,14-,20-,27-/m1/s1. The van der Waals surface area contributed by atoms with Gasteiger partial charge in [0.2, 0.25) is 5.78 Å². The molecule has 1 saturated carbocycles. The second-order valence-corrected chi connectivity index (χ2v) is 11.4. The van der Waals surface area contributed by atoms with Gasteiger partial charge in [0.25, 0.3) is 5.91 Å². The molecule has 1 aromatic carbocycles. The molecule has 200 valence electrons. The number of Topliss-reactive ketones (excluding diaryl/α,β-unsaturated/α-hetero) is 2. The van der Waals surface area contributed by atoms with Crippen molar-refractivity contribution in [1.82, 2.24) is 4.90 Å². The zero-order chi connectivity index (χ0) is 27.8. The molecule has 0 radical (unpaired) electrons. The number of carbonyl (C=O) groups excluding carboxylic acids is 3. The van der Waals surface area contributed by atoms with Crippen molar-refractivity contribution >= 4 is 40.3 Å². The van der Waals surface area contributed by atoms with E-state index in [0.717, 1.165) is 10.6 Å².